The summed E-state index contributed by atoms with van der Waals surface area (Å²) in [5.74, 6) is 2.71. The Balaban J connectivity index is 1.44. The van der Waals surface area contributed by atoms with Crippen LogP contribution in [-0.4, -0.2) is 39.9 Å². The molecular weight excluding hydrogens is 460 g/mol. The average molecular weight is 493 g/mol. The molecule has 0 unspecified atom stereocenters. The van der Waals surface area contributed by atoms with Gasteiger partial charge < -0.3 is 28.6 Å². The average Bonchev–Trinajstić information content (AvgIpc) is 2.91. The van der Waals surface area contributed by atoms with Crippen LogP contribution in [0.3, 0.4) is 0 Å². The van der Waals surface area contributed by atoms with E-state index in [1.165, 1.54) is 0 Å². The van der Waals surface area contributed by atoms with Gasteiger partial charge >= 0.3 is 0 Å². The first kappa shape index (κ1) is 26.4. The van der Waals surface area contributed by atoms with E-state index >= 15 is 0 Å². The van der Waals surface area contributed by atoms with Crippen molar-refractivity contribution in [2.75, 3.05) is 27.4 Å². The molecule has 0 aliphatic rings. The summed E-state index contributed by atoms with van der Waals surface area (Å²) in [6.07, 6.45) is 3.27. The maximum absolute atomic E-state index is 5.52. The highest BCUT2D eigenvalue weighted by Gasteiger charge is 2.05. The Bertz CT molecular complexity index is 1050. The molecule has 0 fully saturated rings. The Morgan fingerprint density at radius 1 is 0.583 bits per heavy atom. The van der Waals surface area contributed by atoms with Crippen molar-refractivity contribution < 1.29 is 28.6 Å². The molecule has 0 radical (unpaired) electrons. The van der Waals surface area contributed by atoms with Crippen LogP contribution in [0.5, 0.6) is 23.0 Å². The molecule has 0 atom stereocenters. The number of ether oxygens (including phenoxy) is 4. The SMILES string of the molecule is CCOc1ccc(/C=N/OCc2ccc(CO/N=C/c3ccc(OCC)c(OC)c3)cc2)cc1OC. The van der Waals surface area contributed by atoms with Gasteiger partial charge in [-0.1, -0.05) is 34.6 Å². The first-order chi connectivity index (χ1) is 17.7. The van der Waals surface area contributed by atoms with Crippen LogP contribution < -0.4 is 18.9 Å². The van der Waals surface area contributed by atoms with E-state index in [9.17, 15) is 0 Å². The lowest BCUT2D eigenvalue weighted by molar-refractivity contribution is 0.130. The standard InChI is InChI=1S/C28H32N2O6/c1-5-33-25-13-11-23(15-27(25)31-3)17-29-35-19-21-7-9-22(10-8-21)20-36-30-18-24-12-14-26(34-6-2)28(16-24)32-4/h7-18H,5-6,19-20H2,1-4H3/b29-17+,30-18+. The van der Waals surface area contributed by atoms with Gasteiger partial charge in [-0.05, 0) is 61.4 Å². The number of rotatable bonds is 14. The third kappa shape index (κ3) is 7.94. The van der Waals surface area contributed by atoms with Crippen LogP contribution in [0.1, 0.15) is 36.1 Å². The second kappa shape index (κ2) is 14.3. The fraction of sp³-hybridized carbons (Fsp3) is 0.286. The van der Waals surface area contributed by atoms with E-state index in [1.807, 2.05) is 74.5 Å². The van der Waals surface area contributed by atoms with Crippen LogP contribution in [0.15, 0.2) is 71.0 Å². The van der Waals surface area contributed by atoms with Gasteiger partial charge in [0.05, 0.1) is 39.9 Å². The molecule has 0 aromatic heterocycles. The number of methoxy groups -OCH3 is 2. The van der Waals surface area contributed by atoms with Gasteiger partial charge in [-0.3, -0.25) is 0 Å². The van der Waals surface area contributed by atoms with Crippen LogP contribution in [0.4, 0.5) is 0 Å². The van der Waals surface area contributed by atoms with Crippen LogP contribution >= 0.6 is 0 Å². The molecule has 0 spiro atoms. The van der Waals surface area contributed by atoms with Gasteiger partial charge in [0.25, 0.3) is 0 Å². The summed E-state index contributed by atoms with van der Waals surface area (Å²) in [4.78, 5) is 10.9. The molecule has 3 aromatic rings. The van der Waals surface area contributed by atoms with E-state index in [0.717, 1.165) is 22.3 Å². The number of hydrogen-bond acceptors (Lipinski definition) is 8. The highest BCUT2D eigenvalue weighted by Crippen LogP contribution is 2.28. The van der Waals surface area contributed by atoms with Crippen molar-refractivity contribution in [1.29, 1.82) is 0 Å². The summed E-state index contributed by atoms with van der Waals surface area (Å²) in [6.45, 7) is 5.71. The van der Waals surface area contributed by atoms with E-state index in [-0.39, 0.29) is 0 Å². The molecule has 0 heterocycles. The van der Waals surface area contributed by atoms with Crippen molar-refractivity contribution in [3.8, 4) is 23.0 Å². The molecule has 3 rings (SSSR count). The fourth-order valence-corrected chi connectivity index (χ4v) is 3.23. The van der Waals surface area contributed by atoms with E-state index < -0.39 is 0 Å². The molecule has 0 aliphatic heterocycles. The number of hydrogen-bond donors (Lipinski definition) is 0. The molecule has 8 heteroatoms. The zero-order chi connectivity index (χ0) is 25.6. The smallest absolute Gasteiger partial charge is 0.161 e. The lowest BCUT2D eigenvalue weighted by atomic mass is 10.1. The van der Waals surface area contributed by atoms with Gasteiger partial charge in [0.15, 0.2) is 23.0 Å². The van der Waals surface area contributed by atoms with E-state index in [2.05, 4.69) is 10.3 Å². The minimum Gasteiger partial charge on any atom is -0.493 e. The Morgan fingerprint density at radius 2 is 1.00 bits per heavy atom. The number of oxime groups is 2. The van der Waals surface area contributed by atoms with Gasteiger partial charge in [0.2, 0.25) is 0 Å². The molecule has 0 saturated carbocycles. The predicted molar refractivity (Wildman–Crippen MR) is 140 cm³/mol. The summed E-state index contributed by atoms with van der Waals surface area (Å²) >= 11 is 0. The van der Waals surface area contributed by atoms with Gasteiger partial charge in [-0.15, -0.1) is 0 Å². The van der Waals surface area contributed by atoms with E-state index in [0.29, 0.717) is 49.4 Å². The molecular formula is C28H32N2O6. The lowest BCUT2D eigenvalue weighted by Gasteiger charge is -2.09. The molecule has 36 heavy (non-hydrogen) atoms. The zero-order valence-corrected chi connectivity index (χ0v) is 21.1. The van der Waals surface area contributed by atoms with Crippen LogP contribution in [0, 0.1) is 0 Å². The van der Waals surface area contributed by atoms with Gasteiger partial charge in [-0.2, -0.15) is 0 Å². The summed E-state index contributed by atoms with van der Waals surface area (Å²) in [7, 11) is 3.21. The third-order valence-electron chi connectivity index (χ3n) is 5.01. The predicted octanol–water partition coefficient (Wildman–Crippen LogP) is 5.60. The fourth-order valence-electron chi connectivity index (χ4n) is 3.23. The first-order valence-corrected chi connectivity index (χ1v) is 11.7. The minimum absolute atomic E-state index is 0.351. The van der Waals surface area contributed by atoms with Crippen molar-refractivity contribution in [2.45, 2.75) is 27.1 Å². The molecule has 0 saturated heterocycles. The topological polar surface area (TPSA) is 80.1 Å². The van der Waals surface area contributed by atoms with Crippen LogP contribution in [0.2, 0.25) is 0 Å². The lowest BCUT2D eigenvalue weighted by Crippen LogP contribution is -1.96. The zero-order valence-electron chi connectivity index (χ0n) is 21.1. The van der Waals surface area contributed by atoms with Crippen molar-refractivity contribution in [2.24, 2.45) is 10.3 Å². The third-order valence-corrected chi connectivity index (χ3v) is 5.01. The second-order valence-electron chi connectivity index (χ2n) is 7.52. The van der Waals surface area contributed by atoms with Crippen molar-refractivity contribution in [1.82, 2.24) is 0 Å². The van der Waals surface area contributed by atoms with Crippen molar-refractivity contribution in [3.05, 3.63) is 82.9 Å². The Hall–Kier alpha value is -4.20. The Kier molecular flexibility index (Phi) is 10.5. The summed E-state index contributed by atoms with van der Waals surface area (Å²) in [5.41, 5.74) is 3.69. The largest absolute Gasteiger partial charge is 0.493 e. The van der Waals surface area contributed by atoms with Gasteiger partial charge in [-0.25, -0.2) is 0 Å². The highest BCUT2D eigenvalue weighted by molar-refractivity contribution is 5.81. The quantitative estimate of drug-likeness (QED) is 0.215. The monoisotopic (exact) mass is 492 g/mol. The van der Waals surface area contributed by atoms with Crippen molar-refractivity contribution in [3.63, 3.8) is 0 Å². The summed E-state index contributed by atoms with van der Waals surface area (Å²) in [5, 5.41) is 8.09. The first-order valence-electron chi connectivity index (χ1n) is 11.7. The maximum atomic E-state index is 5.52. The second-order valence-corrected chi connectivity index (χ2v) is 7.52. The van der Waals surface area contributed by atoms with Gasteiger partial charge in [0.1, 0.15) is 13.2 Å². The Labute approximate surface area is 212 Å². The molecule has 3 aromatic carbocycles. The number of nitrogens with zero attached hydrogens (tertiary/aromatic N) is 2. The molecule has 0 bridgehead atoms. The van der Waals surface area contributed by atoms with Gasteiger partial charge in [0, 0.05) is 11.1 Å². The van der Waals surface area contributed by atoms with Crippen molar-refractivity contribution >= 4 is 12.4 Å². The normalized spacial score (nSPS) is 11.0. The minimum atomic E-state index is 0.351. The summed E-state index contributed by atoms with van der Waals surface area (Å²) < 4.78 is 21.7. The molecule has 8 nitrogen and oxygen atoms in total. The van der Waals surface area contributed by atoms with Crippen LogP contribution in [0.25, 0.3) is 0 Å². The van der Waals surface area contributed by atoms with E-state index in [1.54, 1.807) is 26.6 Å². The highest BCUT2D eigenvalue weighted by atomic mass is 16.6. The molecule has 0 aliphatic carbocycles. The molecule has 190 valence electrons. The molecule has 0 amide bonds. The number of benzene rings is 3. The maximum Gasteiger partial charge on any atom is 0.161 e. The summed E-state index contributed by atoms with van der Waals surface area (Å²) in [6, 6.07) is 19.1. The Morgan fingerprint density at radius 3 is 1.36 bits per heavy atom. The van der Waals surface area contributed by atoms with E-state index in [4.69, 9.17) is 28.6 Å². The molecule has 0 N–H and O–H groups in total. The van der Waals surface area contributed by atoms with Crippen LogP contribution in [-0.2, 0) is 22.9 Å².